The second kappa shape index (κ2) is 14.6. The molecule has 0 aromatic carbocycles. The van der Waals surface area contributed by atoms with Gasteiger partial charge in [-0.2, -0.15) is 0 Å². The molecule has 0 rings (SSSR count). The number of carbonyl (C=O) groups is 1. The molecule has 0 amide bonds. The van der Waals surface area contributed by atoms with Crippen molar-refractivity contribution >= 4 is 5.97 Å². The molecule has 0 bridgehead atoms. The number of ether oxygens (including phenoxy) is 1. The van der Waals surface area contributed by atoms with Crippen molar-refractivity contribution in [3.8, 4) is 0 Å². The Morgan fingerprint density at radius 2 is 1.50 bits per heavy atom. The second-order valence-electron chi connectivity index (χ2n) is 5.95. The van der Waals surface area contributed by atoms with E-state index in [1.807, 2.05) is 13.0 Å². The van der Waals surface area contributed by atoms with Gasteiger partial charge in [0.25, 0.3) is 0 Å². The normalized spacial score (nSPS) is 11.4. The van der Waals surface area contributed by atoms with Crippen molar-refractivity contribution in [1.29, 1.82) is 0 Å². The van der Waals surface area contributed by atoms with Gasteiger partial charge < -0.3 is 4.74 Å². The summed E-state index contributed by atoms with van der Waals surface area (Å²) in [6, 6.07) is 0. The maximum Gasteiger partial charge on any atom is 0.330 e. The van der Waals surface area contributed by atoms with E-state index in [2.05, 4.69) is 13.8 Å². The van der Waals surface area contributed by atoms with Gasteiger partial charge in [-0.05, 0) is 25.7 Å². The molecule has 0 fully saturated rings. The van der Waals surface area contributed by atoms with Gasteiger partial charge in [0.2, 0.25) is 0 Å². The third-order valence-corrected chi connectivity index (χ3v) is 3.44. The lowest BCUT2D eigenvalue weighted by molar-refractivity contribution is -0.137. The first kappa shape index (κ1) is 19.2. The maximum absolute atomic E-state index is 11.0. The summed E-state index contributed by atoms with van der Waals surface area (Å²) in [5.41, 5.74) is 0. The first-order chi connectivity index (χ1) is 9.66. The molecule has 0 aromatic heterocycles. The van der Waals surface area contributed by atoms with Crippen LogP contribution < -0.4 is 0 Å². The lowest BCUT2D eigenvalue weighted by Crippen LogP contribution is -1.98. The second-order valence-corrected chi connectivity index (χ2v) is 5.95. The Bertz CT molecular complexity index is 244. The minimum absolute atomic E-state index is 0.214. The van der Waals surface area contributed by atoms with E-state index in [0.29, 0.717) is 6.61 Å². The van der Waals surface area contributed by atoms with Gasteiger partial charge in [0.1, 0.15) is 0 Å². The van der Waals surface area contributed by atoms with E-state index in [-0.39, 0.29) is 5.97 Å². The summed E-state index contributed by atoms with van der Waals surface area (Å²) < 4.78 is 4.82. The van der Waals surface area contributed by atoms with Gasteiger partial charge in [-0.15, -0.1) is 0 Å². The predicted octanol–water partition coefficient (Wildman–Crippen LogP) is 5.66. The Morgan fingerprint density at radius 3 is 2.05 bits per heavy atom. The standard InChI is InChI=1S/C18H34O2/c1-4-20-18(19)16-14-12-10-8-6-5-7-9-11-13-15-17(2)3/h14,16-17H,4-13,15H2,1-3H3/b16-14+. The van der Waals surface area contributed by atoms with Gasteiger partial charge in [0.15, 0.2) is 0 Å². The Kier molecular flexibility index (Phi) is 14.0. The Labute approximate surface area is 126 Å². The minimum Gasteiger partial charge on any atom is -0.463 e. The molecule has 0 atom stereocenters. The van der Waals surface area contributed by atoms with Crippen LogP contribution in [0.2, 0.25) is 0 Å². The number of esters is 1. The molecule has 0 saturated carbocycles. The zero-order valence-electron chi connectivity index (χ0n) is 13.8. The van der Waals surface area contributed by atoms with Crippen molar-refractivity contribution in [2.45, 2.75) is 85.0 Å². The van der Waals surface area contributed by atoms with E-state index in [0.717, 1.165) is 12.3 Å². The molecule has 0 aliphatic carbocycles. The highest BCUT2D eigenvalue weighted by atomic mass is 16.5. The summed E-state index contributed by atoms with van der Waals surface area (Å²) >= 11 is 0. The van der Waals surface area contributed by atoms with Gasteiger partial charge >= 0.3 is 5.97 Å². The first-order valence-corrected chi connectivity index (χ1v) is 8.50. The van der Waals surface area contributed by atoms with E-state index < -0.39 is 0 Å². The quantitative estimate of drug-likeness (QED) is 0.247. The van der Waals surface area contributed by atoms with Crippen LogP contribution in [-0.4, -0.2) is 12.6 Å². The van der Waals surface area contributed by atoms with Gasteiger partial charge in [0.05, 0.1) is 6.61 Å². The van der Waals surface area contributed by atoms with Crippen molar-refractivity contribution in [3.63, 3.8) is 0 Å². The molecule has 0 spiro atoms. The smallest absolute Gasteiger partial charge is 0.330 e. The summed E-state index contributed by atoms with van der Waals surface area (Å²) in [4.78, 5) is 11.0. The third kappa shape index (κ3) is 15.3. The highest BCUT2D eigenvalue weighted by Crippen LogP contribution is 2.13. The van der Waals surface area contributed by atoms with Crippen molar-refractivity contribution in [1.82, 2.24) is 0 Å². The molecule has 0 radical (unpaired) electrons. The maximum atomic E-state index is 11.0. The molecule has 0 N–H and O–H groups in total. The average molecular weight is 282 g/mol. The topological polar surface area (TPSA) is 26.3 Å². The van der Waals surface area contributed by atoms with Gasteiger partial charge in [-0.3, -0.25) is 0 Å². The van der Waals surface area contributed by atoms with Gasteiger partial charge in [-0.1, -0.05) is 71.3 Å². The zero-order chi connectivity index (χ0) is 15.1. The first-order valence-electron chi connectivity index (χ1n) is 8.50. The molecule has 0 aliphatic heterocycles. The summed E-state index contributed by atoms with van der Waals surface area (Å²) in [6.07, 6.45) is 16.6. The average Bonchev–Trinajstić information content (AvgIpc) is 2.40. The molecule has 0 aromatic rings. The van der Waals surface area contributed by atoms with Crippen LogP contribution in [0.5, 0.6) is 0 Å². The lowest BCUT2D eigenvalue weighted by Gasteiger charge is -2.04. The predicted molar refractivity (Wildman–Crippen MR) is 86.8 cm³/mol. The van der Waals surface area contributed by atoms with E-state index in [4.69, 9.17) is 4.74 Å². The van der Waals surface area contributed by atoms with Crippen molar-refractivity contribution in [2.75, 3.05) is 6.61 Å². The van der Waals surface area contributed by atoms with Crippen LogP contribution in [0.25, 0.3) is 0 Å². The SMILES string of the molecule is CCOC(=O)/C=C/CCCCCCCCCCC(C)C. The van der Waals surface area contributed by atoms with Crippen LogP contribution in [0.15, 0.2) is 12.2 Å². The highest BCUT2D eigenvalue weighted by molar-refractivity contribution is 5.81. The molecule has 0 saturated heterocycles. The van der Waals surface area contributed by atoms with E-state index in [1.165, 1.54) is 57.8 Å². The monoisotopic (exact) mass is 282 g/mol. The number of allylic oxidation sites excluding steroid dienone is 1. The number of hydrogen-bond acceptors (Lipinski definition) is 2. The summed E-state index contributed by atoms with van der Waals surface area (Å²) in [6.45, 7) is 6.89. The summed E-state index contributed by atoms with van der Waals surface area (Å²) in [7, 11) is 0. The molecule has 0 aliphatic rings. The van der Waals surface area contributed by atoms with Crippen molar-refractivity contribution in [3.05, 3.63) is 12.2 Å². The number of carbonyl (C=O) groups excluding carboxylic acids is 1. The van der Waals surface area contributed by atoms with Crippen molar-refractivity contribution in [2.24, 2.45) is 5.92 Å². The number of unbranched alkanes of at least 4 members (excludes halogenated alkanes) is 8. The molecule has 0 heterocycles. The fraction of sp³-hybridized carbons (Fsp3) is 0.833. The molecule has 20 heavy (non-hydrogen) atoms. The summed E-state index contributed by atoms with van der Waals surface area (Å²) in [5.74, 6) is 0.645. The zero-order valence-corrected chi connectivity index (χ0v) is 13.8. The summed E-state index contributed by atoms with van der Waals surface area (Å²) in [5, 5.41) is 0. The fourth-order valence-corrected chi connectivity index (χ4v) is 2.25. The Hall–Kier alpha value is -0.790. The van der Waals surface area contributed by atoms with Crippen LogP contribution >= 0.6 is 0 Å². The molecule has 2 nitrogen and oxygen atoms in total. The third-order valence-electron chi connectivity index (χ3n) is 3.44. The molecule has 2 heteroatoms. The van der Waals surface area contributed by atoms with E-state index in [1.54, 1.807) is 6.08 Å². The fourth-order valence-electron chi connectivity index (χ4n) is 2.25. The minimum atomic E-state index is -0.214. The van der Waals surface area contributed by atoms with Crippen molar-refractivity contribution < 1.29 is 9.53 Å². The molecular formula is C18H34O2. The van der Waals surface area contributed by atoms with E-state index >= 15 is 0 Å². The van der Waals surface area contributed by atoms with Crippen LogP contribution in [0, 0.1) is 5.92 Å². The molecule has 0 unspecified atom stereocenters. The molecular weight excluding hydrogens is 248 g/mol. The van der Waals surface area contributed by atoms with Crippen LogP contribution in [0.1, 0.15) is 85.0 Å². The van der Waals surface area contributed by atoms with Crippen LogP contribution in [0.4, 0.5) is 0 Å². The number of hydrogen-bond donors (Lipinski definition) is 0. The largest absolute Gasteiger partial charge is 0.463 e. The van der Waals surface area contributed by atoms with Crippen LogP contribution in [0.3, 0.4) is 0 Å². The Morgan fingerprint density at radius 1 is 0.950 bits per heavy atom. The Balaban J connectivity index is 3.15. The lowest BCUT2D eigenvalue weighted by atomic mass is 10.0. The van der Waals surface area contributed by atoms with E-state index in [9.17, 15) is 4.79 Å². The van der Waals surface area contributed by atoms with Crippen LogP contribution in [-0.2, 0) is 9.53 Å². The number of rotatable bonds is 13. The highest BCUT2D eigenvalue weighted by Gasteiger charge is 1.95. The van der Waals surface area contributed by atoms with Gasteiger partial charge in [-0.25, -0.2) is 4.79 Å². The molecule has 118 valence electrons. The van der Waals surface area contributed by atoms with Gasteiger partial charge in [0, 0.05) is 6.08 Å².